The standard InChI is InChI=1S/C26H33NO8/c1-16(28)27-20-9-7-17-13-23(32-4)25(33-5)26(35-15-34-12-6-11-30-2)24(17)18-8-10-22(31-3)21(29)14-19(18)20/h8,10,13-14,20H,6-7,9,11-12,15H2,1-5H3,(H,27,28)/t20-/m0/s1. The van der Waals surface area contributed by atoms with Gasteiger partial charge in [-0.2, -0.15) is 0 Å². The molecule has 0 saturated carbocycles. The van der Waals surface area contributed by atoms with Gasteiger partial charge < -0.3 is 33.7 Å². The van der Waals surface area contributed by atoms with Gasteiger partial charge in [0, 0.05) is 26.2 Å². The van der Waals surface area contributed by atoms with Gasteiger partial charge in [-0.3, -0.25) is 9.59 Å². The number of fused-ring (bicyclic) bond motifs is 3. The second kappa shape index (κ2) is 12.4. The zero-order valence-electron chi connectivity index (χ0n) is 20.9. The molecule has 35 heavy (non-hydrogen) atoms. The Morgan fingerprint density at radius 2 is 1.77 bits per heavy atom. The second-order valence-corrected chi connectivity index (χ2v) is 8.06. The smallest absolute Gasteiger partial charge is 0.220 e. The van der Waals surface area contributed by atoms with Crippen molar-refractivity contribution in [3.8, 4) is 34.1 Å². The van der Waals surface area contributed by atoms with Crippen LogP contribution < -0.4 is 29.7 Å². The van der Waals surface area contributed by atoms with Gasteiger partial charge >= 0.3 is 0 Å². The highest BCUT2D eigenvalue weighted by atomic mass is 16.7. The first-order chi connectivity index (χ1) is 16.9. The Morgan fingerprint density at radius 3 is 2.43 bits per heavy atom. The molecule has 2 aromatic carbocycles. The Balaban J connectivity index is 2.20. The fourth-order valence-corrected chi connectivity index (χ4v) is 4.27. The number of methoxy groups -OCH3 is 4. The molecule has 0 bridgehead atoms. The molecular weight excluding hydrogens is 454 g/mol. The Morgan fingerprint density at radius 1 is 1.00 bits per heavy atom. The maximum atomic E-state index is 12.8. The average molecular weight is 488 g/mol. The molecule has 0 aromatic heterocycles. The highest BCUT2D eigenvalue weighted by Crippen LogP contribution is 2.50. The number of carbonyl (C=O) groups is 1. The summed E-state index contributed by atoms with van der Waals surface area (Å²) in [5, 5.41) is 2.98. The van der Waals surface area contributed by atoms with E-state index >= 15 is 0 Å². The minimum absolute atomic E-state index is 0.0147. The van der Waals surface area contributed by atoms with Crippen LogP contribution in [0.1, 0.15) is 36.9 Å². The third-order valence-corrected chi connectivity index (χ3v) is 5.82. The number of nitrogens with one attached hydrogen (secondary N) is 1. The summed E-state index contributed by atoms with van der Waals surface area (Å²) in [5.74, 6) is 1.38. The minimum atomic E-state index is -0.380. The van der Waals surface area contributed by atoms with Gasteiger partial charge in [0.1, 0.15) is 0 Å². The molecule has 1 amide bonds. The SMILES string of the molecule is COCCCOCOc1c(OC)c(OC)cc2c1-c1ccc(OC)c(=O)cc1[C@@H](NC(C)=O)CC2. The first kappa shape index (κ1) is 26.3. The maximum Gasteiger partial charge on any atom is 0.220 e. The summed E-state index contributed by atoms with van der Waals surface area (Å²) in [5.41, 5.74) is 2.81. The van der Waals surface area contributed by atoms with Gasteiger partial charge in [0.2, 0.25) is 17.1 Å². The van der Waals surface area contributed by atoms with Gasteiger partial charge in [-0.05, 0) is 54.2 Å². The van der Waals surface area contributed by atoms with E-state index < -0.39 is 0 Å². The van der Waals surface area contributed by atoms with Crippen LogP contribution in [0.4, 0.5) is 0 Å². The summed E-state index contributed by atoms with van der Waals surface area (Å²) in [6, 6.07) is 6.49. The average Bonchev–Trinajstić information content (AvgIpc) is 3.09. The summed E-state index contributed by atoms with van der Waals surface area (Å²) < 4.78 is 33.4. The Hall–Kier alpha value is -3.30. The molecule has 1 atom stereocenters. The van der Waals surface area contributed by atoms with Crippen molar-refractivity contribution in [2.75, 3.05) is 48.4 Å². The Labute approximate surface area is 205 Å². The lowest BCUT2D eigenvalue weighted by atomic mass is 9.95. The van der Waals surface area contributed by atoms with Gasteiger partial charge in [0.15, 0.2) is 24.0 Å². The van der Waals surface area contributed by atoms with Gasteiger partial charge in [-0.15, -0.1) is 0 Å². The highest BCUT2D eigenvalue weighted by Gasteiger charge is 2.29. The summed E-state index contributed by atoms with van der Waals surface area (Å²) in [7, 11) is 6.19. The van der Waals surface area contributed by atoms with E-state index in [1.807, 2.05) is 12.1 Å². The maximum absolute atomic E-state index is 12.8. The minimum Gasteiger partial charge on any atom is -0.493 e. The zero-order valence-corrected chi connectivity index (χ0v) is 20.9. The number of hydrogen-bond acceptors (Lipinski definition) is 8. The van der Waals surface area contributed by atoms with E-state index in [0.29, 0.717) is 48.9 Å². The van der Waals surface area contributed by atoms with Crippen molar-refractivity contribution < 1.29 is 33.2 Å². The van der Waals surface area contributed by atoms with E-state index in [0.717, 1.165) is 23.1 Å². The molecule has 2 aromatic rings. The third-order valence-electron chi connectivity index (χ3n) is 5.82. The molecule has 1 N–H and O–H groups in total. The number of benzene rings is 1. The molecule has 9 nitrogen and oxygen atoms in total. The van der Waals surface area contributed by atoms with Crippen LogP contribution in [0.3, 0.4) is 0 Å². The van der Waals surface area contributed by atoms with Crippen molar-refractivity contribution in [3.05, 3.63) is 45.6 Å². The van der Waals surface area contributed by atoms with Crippen LogP contribution >= 0.6 is 0 Å². The fourth-order valence-electron chi connectivity index (χ4n) is 4.27. The molecular formula is C26H33NO8. The van der Waals surface area contributed by atoms with E-state index in [9.17, 15) is 9.59 Å². The van der Waals surface area contributed by atoms with Crippen LogP contribution in [-0.4, -0.2) is 54.4 Å². The molecule has 0 spiro atoms. The van der Waals surface area contributed by atoms with Crippen LogP contribution in [0.2, 0.25) is 0 Å². The molecule has 9 heteroatoms. The highest BCUT2D eigenvalue weighted by molar-refractivity contribution is 5.83. The fraction of sp³-hybridized carbons (Fsp3) is 0.462. The van der Waals surface area contributed by atoms with Gasteiger partial charge in [0.25, 0.3) is 0 Å². The first-order valence-electron chi connectivity index (χ1n) is 11.4. The van der Waals surface area contributed by atoms with Crippen molar-refractivity contribution >= 4 is 5.91 Å². The molecule has 0 saturated heterocycles. The quantitative estimate of drug-likeness (QED) is 0.381. The molecule has 0 fully saturated rings. The molecule has 190 valence electrons. The summed E-state index contributed by atoms with van der Waals surface area (Å²) in [6.45, 7) is 2.50. The summed E-state index contributed by atoms with van der Waals surface area (Å²) in [6.07, 6.45) is 1.92. The van der Waals surface area contributed by atoms with E-state index in [1.165, 1.54) is 27.2 Å². The van der Waals surface area contributed by atoms with Crippen molar-refractivity contribution in [1.29, 1.82) is 0 Å². The van der Waals surface area contributed by atoms with Gasteiger partial charge in [0.05, 0.1) is 34.0 Å². The third kappa shape index (κ3) is 6.04. The number of ether oxygens (including phenoxy) is 6. The lowest BCUT2D eigenvalue weighted by Crippen LogP contribution is -2.26. The van der Waals surface area contributed by atoms with E-state index in [-0.39, 0.29) is 29.9 Å². The molecule has 0 aliphatic heterocycles. The van der Waals surface area contributed by atoms with Crippen molar-refractivity contribution in [2.24, 2.45) is 0 Å². The van der Waals surface area contributed by atoms with Crippen LogP contribution in [0.15, 0.2) is 29.1 Å². The molecule has 1 aliphatic carbocycles. The second-order valence-electron chi connectivity index (χ2n) is 8.06. The summed E-state index contributed by atoms with van der Waals surface area (Å²) in [4.78, 5) is 24.8. The van der Waals surface area contributed by atoms with Gasteiger partial charge in [-0.1, -0.05) is 6.07 Å². The van der Waals surface area contributed by atoms with Crippen molar-refractivity contribution in [1.82, 2.24) is 5.32 Å². The summed E-state index contributed by atoms with van der Waals surface area (Å²) >= 11 is 0. The van der Waals surface area contributed by atoms with E-state index in [1.54, 1.807) is 20.3 Å². The molecule has 3 rings (SSSR count). The number of amides is 1. The molecule has 0 unspecified atom stereocenters. The van der Waals surface area contributed by atoms with Crippen LogP contribution in [0.5, 0.6) is 23.0 Å². The van der Waals surface area contributed by atoms with Crippen LogP contribution in [0, 0.1) is 0 Å². The molecule has 1 aliphatic rings. The number of aryl methyl sites for hydroxylation is 1. The monoisotopic (exact) mass is 487 g/mol. The van der Waals surface area contributed by atoms with E-state index in [2.05, 4.69) is 5.32 Å². The van der Waals surface area contributed by atoms with Crippen LogP contribution in [0.25, 0.3) is 11.1 Å². The number of hydrogen-bond donors (Lipinski definition) is 1. The normalized spacial score (nSPS) is 14.3. The Kier molecular flexibility index (Phi) is 9.33. The largest absolute Gasteiger partial charge is 0.493 e. The van der Waals surface area contributed by atoms with Crippen molar-refractivity contribution in [2.45, 2.75) is 32.2 Å². The predicted octanol–water partition coefficient (Wildman–Crippen LogP) is 3.25. The molecule has 0 heterocycles. The number of carbonyl (C=O) groups excluding carboxylic acids is 1. The first-order valence-corrected chi connectivity index (χ1v) is 11.4. The predicted molar refractivity (Wildman–Crippen MR) is 131 cm³/mol. The topological polar surface area (TPSA) is 102 Å². The molecule has 0 radical (unpaired) electrons. The zero-order chi connectivity index (χ0) is 25.4. The van der Waals surface area contributed by atoms with E-state index in [4.69, 9.17) is 28.4 Å². The number of rotatable bonds is 11. The van der Waals surface area contributed by atoms with Crippen molar-refractivity contribution in [3.63, 3.8) is 0 Å². The lowest BCUT2D eigenvalue weighted by molar-refractivity contribution is -0.119. The lowest BCUT2D eigenvalue weighted by Gasteiger charge is -2.21. The van der Waals surface area contributed by atoms with Gasteiger partial charge in [-0.25, -0.2) is 0 Å². The van der Waals surface area contributed by atoms with Crippen LogP contribution in [-0.2, 0) is 20.7 Å². The Bertz CT molecular complexity index is 1100.